The highest BCUT2D eigenvalue weighted by molar-refractivity contribution is 5.98. The Morgan fingerprint density at radius 3 is 2.70 bits per heavy atom. The quantitative estimate of drug-likeness (QED) is 0.733. The van der Waals surface area contributed by atoms with E-state index in [9.17, 15) is 14.0 Å². The summed E-state index contributed by atoms with van der Waals surface area (Å²) < 4.78 is 14.6. The van der Waals surface area contributed by atoms with Crippen molar-refractivity contribution in [2.45, 2.75) is 32.9 Å². The summed E-state index contributed by atoms with van der Waals surface area (Å²) in [7, 11) is 1.48. The van der Waals surface area contributed by atoms with Gasteiger partial charge in [-0.15, -0.1) is 0 Å². The lowest BCUT2D eigenvalue weighted by atomic mass is 10.1. The number of aromatic nitrogens is 1. The van der Waals surface area contributed by atoms with E-state index in [1.807, 2.05) is 6.92 Å². The topological polar surface area (TPSA) is 92.0 Å². The molecule has 0 spiro atoms. The van der Waals surface area contributed by atoms with Gasteiger partial charge in [-0.3, -0.25) is 24.4 Å². The molecule has 3 rings (SSSR count). The SMILES string of the molecule is CON(C(C)=O)[C@H]1CCN(Cc2ccc(F)c(N(C(N)=O)c3ccc(C)nc3)c2)C1. The number of amides is 3. The van der Waals surface area contributed by atoms with Gasteiger partial charge in [0.1, 0.15) is 5.82 Å². The van der Waals surface area contributed by atoms with Crippen molar-refractivity contribution < 1.29 is 18.8 Å². The van der Waals surface area contributed by atoms with Gasteiger partial charge in [-0.1, -0.05) is 6.07 Å². The van der Waals surface area contributed by atoms with E-state index < -0.39 is 11.8 Å². The molecule has 9 heteroatoms. The van der Waals surface area contributed by atoms with E-state index in [0.29, 0.717) is 18.8 Å². The Morgan fingerprint density at radius 2 is 2.10 bits per heavy atom. The number of halogens is 1. The van der Waals surface area contributed by atoms with Crippen LogP contribution >= 0.6 is 0 Å². The molecule has 1 saturated heterocycles. The second kappa shape index (κ2) is 9.19. The number of hydrogen-bond donors (Lipinski definition) is 1. The zero-order chi connectivity index (χ0) is 21.8. The molecule has 8 nitrogen and oxygen atoms in total. The maximum atomic E-state index is 14.6. The third kappa shape index (κ3) is 4.74. The van der Waals surface area contributed by atoms with E-state index in [0.717, 1.165) is 29.1 Å². The van der Waals surface area contributed by atoms with Crippen molar-refractivity contribution in [2.24, 2.45) is 5.73 Å². The number of aryl methyl sites for hydroxylation is 1. The first-order chi connectivity index (χ1) is 14.3. The molecule has 0 bridgehead atoms. The summed E-state index contributed by atoms with van der Waals surface area (Å²) in [6, 6.07) is 7.19. The number of carbonyl (C=O) groups is 2. The van der Waals surface area contributed by atoms with Gasteiger partial charge in [-0.25, -0.2) is 14.2 Å². The first kappa shape index (κ1) is 21.7. The predicted molar refractivity (Wildman–Crippen MR) is 110 cm³/mol. The number of hydrogen-bond acceptors (Lipinski definition) is 5. The van der Waals surface area contributed by atoms with Gasteiger partial charge in [0, 0.05) is 32.3 Å². The monoisotopic (exact) mass is 415 g/mol. The lowest BCUT2D eigenvalue weighted by Gasteiger charge is -2.25. The maximum absolute atomic E-state index is 14.6. The number of carbonyl (C=O) groups excluding carboxylic acids is 2. The number of benzene rings is 1. The largest absolute Gasteiger partial charge is 0.351 e. The van der Waals surface area contributed by atoms with Crippen molar-refractivity contribution in [1.82, 2.24) is 14.9 Å². The number of likely N-dealkylation sites (tertiary alicyclic amines) is 1. The minimum Gasteiger partial charge on any atom is -0.351 e. The molecule has 1 aliphatic rings. The fourth-order valence-electron chi connectivity index (χ4n) is 3.75. The minimum atomic E-state index is -0.796. The molecule has 1 fully saturated rings. The molecule has 3 amide bonds. The number of pyridine rings is 1. The first-order valence-electron chi connectivity index (χ1n) is 9.67. The molecule has 2 aromatic rings. The standard InChI is InChI=1S/C21H26FN5O3/c1-14-4-6-17(11-24-14)26(21(23)29)20-10-16(5-7-19(20)22)12-25-9-8-18(13-25)27(30-3)15(2)28/h4-7,10-11,18H,8-9,12-13H2,1-3H3,(H2,23,29)/t18-/m0/s1. The van der Waals surface area contributed by atoms with Crippen LogP contribution in [0.15, 0.2) is 36.5 Å². The number of primary amides is 1. The third-order valence-electron chi connectivity index (χ3n) is 5.12. The van der Waals surface area contributed by atoms with Crippen LogP contribution in [-0.2, 0) is 16.2 Å². The van der Waals surface area contributed by atoms with E-state index in [-0.39, 0.29) is 17.6 Å². The lowest BCUT2D eigenvalue weighted by molar-refractivity contribution is -0.184. The van der Waals surface area contributed by atoms with Gasteiger partial charge in [0.15, 0.2) is 0 Å². The second-order valence-corrected chi connectivity index (χ2v) is 7.32. The molecule has 160 valence electrons. The molecule has 1 aromatic heterocycles. The number of nitrogens with zero attached hydrogens (tertiary/aromatic N) is 4. The average Bonchev–Trinajstić information content (AvgIpc) is 3.14. The molecule has 0 unspecified atom stereocenters. The first-order valence-corrected chi connectivity index (χ1v) is 9.67. The van der Waals surface area contributed by atoms with E-state index in [1.54, 1.807) is 24.3 Å². The summed E-state index contributed by atoms with van der Waals surface area (Å²) in [6.07, 6.45) is 2.27. The smallest absolute Gasteiger partial charge is 0.324 e. The molecular weight excluding hydrogens is 389 g/mol. The Balaban J connectivity index is 1.80. The van der Waals surface area contributed by atoms with Crippen LogP contribution in [0.5, 0.6) is 0 Å². The van der Waals surface area contributed by atoms with Crippen molar-refractivity contribution in [3.63, 3.8) is 0 Å². The fraction of sp³-hybridized carbons (Fsp3) is 0.381. The molecule has 2 heterocycles. The highest BCUT2D eigenvalue weighted by atomic mass is 19.1. The summed E-state index contributed by atoms with van der Waals surface area (Å²) in [5.41, 5.74) is 7.61. The van der Waals surface area contributed by atoms with Crippen LogP contribution < -0.4 is 10.6 Å². The molecule has 1 aliphatic heterocycles. The lowest BCUT2D eigenvalue weighted by Crippen LogP contribution is -2.39. The van der Waals surface area contributed by atoms with E-state index in [2.05, 4.69) is 9.88 Å². The normalized spacial score (nSPS) is 16.5. The van der Waals surface area contributed by atoms with Crippen molar-refractivity contribution in [1.29, 1.82) is 0 Å². The second-order valence-electron chi connectivity index (χ2n) is 7.32. The van der Waals surface area contributed by atoms with Crippen LogP contribution in [0.4, 0.5) is 20.6 Å². The molecule has 0 aliphatic carbocycles. The molecule has 0 radical (unpaired) electrons. The Kier molecular flexibility index (Phi) is 6.63. The van der Waals surface area contributed by atoms with Crippen molar-refractivity contribution in [2.75, 3.05) is 25.1 Å². The number of urea groups is 1. The van der Waals surface area contributed by atoms with E-state index in [4.69, 9.17) is 10.6 Å². The highest BCUT2D eigenvalue weighted by Crippen LogP contribution is 2.29. The van der Waals surface area contributed by atoms with Crippen LogP contribution in [0.3, 0.4) is 0 Å². The number of hydroxylamine groups is 2. The molecule has 0 saturated carbocycles. The van der Waals surface area contributed by atoms with Crippen LogP contribution in [0.1, 0.15) is 24.6 Å². The minimum absolute atomic E-state index is 0.0341. The molecule has 2 N–H and O–H groups in total. The third-order valence-corrected chi connectivity index (χ3v) is 5.12. The van der Waals surface area contributed by atoms with E-state index in [1.165, 1.54) is 31.4 Å². The van der Waals surface area contributed by atoms with Gasteiger partial charge in [0.25, 0.3) is 0 Å². The number of rotatable bonds is 6. The highest BCUT2D eigenvalue weighted by Gasteiger charge is 2.30. The van der Waals surface area contributed by atoms with Gasteiger partial charge in [0.05, 0.1) is 30.7 Å². The van der Waals surface area contributed by atoms with Crippen molar-refractivity contribution in [3.8, 4) is 0 Å². The summed E-state index contributed by atoms with van der Waals surface area (Å²) in [5.74, 6) is -0.697. The fourth-order valence-corrected chi connectivity index (χ4v) is 3.75. The van der Waals surface area contributed by atoms with Crippen LogP contribution in [-0.4, -0.2) is 53.1 Å². The Labute approximate surface area is 175 Å². The molecule has 1 atom stereocenters. The van der Waals surface area contributed by atoms with Crippen LogP contribution in [0.2, 0.25) is 0 Å². The Bertz CT molecular complexity index is 921. The number of nitrogens with two attached hydrogens (primary N) is 1. The van der Waals surface area contributed by atoms with Crippen molar-refractivity contribution >= 4 is 23.3 Å². The maximum Gasteiger partial charge on any atom is 0.324 e. The zero-order valence-electron chi connectivity index (χ0n) is 17.3. The Morgan fingerprint density at radius 1 is 1.33 bits per heavy atom. The summed E-state index contributed by atoms with van der Waals surface area (Å²) >= 11 is 0. The van der Waals surface area contributed by atoms with Gasteiger partial charge in [0.2, 0.25) is 5.91 Å². The van der Waals surface area contributed by atoms with Crippen LogP contribution in [0, 0.1) is 12.7 Å². The average molecular weight is 415 g/mol. The van der Waals surface area contributed by atoms with Gasteiger partial charge < -0.3 is 5.73 Å². The molecular formula is C21H26FN5O3. The predicted octanol–water partition coefficient (Wildman–Crippen LogP) is 2.73. The van der Waals surface area contributed by atoms with E-state index >= 15 is 0 Å². The molecule has 1 aromatic carbocycles. The zero-order valence-corrected chi connectivity index (χ0v) is 17.3. The summed E-state index contributed by atoms with van der Waals surface area (Å²) in [6.45, 7) is 5.24. The van der Waals surface area contributed by atoms with Gasteiger partial charge in [-0.05, 0) is 43.2 Å². The van der Waals surface area contributed by atoms with Gasteiger partial charge in [-0.2, -0.15) is 0 Å². The Hall–Kier alpha value is -3.04. The molecule has 30 heavy (non-hydrogen) atoms. The van der Waals surface area contributed by atoms with Gasteiger partial charge >= 0.3 is 6.03 Å². The number of anilines is 2. The summed E-state index contributed by atoms with van der Waals surface area (Å²) in [5, 5.41) is 1.38. The summed E-state index contributed by atoms with van der Waals surface area (Å²) in [4.78, 5) is 36.4. The van der Waals surface area contributed by atoms with Crippen molar-refractivity contribution in [3.05, 3.63) is 53.6 Å². The van der Waals surface area contributed by atoms with Crippen LogP contribution in [0.25, 0.3) is 0 Å².